The number of rotatable bonds is 8. The fourth-order valence-electron chi connectivity index (χ4n) is 4.40. The highest BCUT2D eigenvalue weighted by molar-refractivity contribution is 5.99. The van der Waals surface area contributed by atoms with Crippen LogP contribution in [0.2, 0.25) is 0 Å². The van der Waals surface area contributed by atoms with E-state index in [4.69, 9.17) is 4.74 Å². The summed E-state index contributed by atoms with van der Waals surface area (Å²) in [5, 5.41) is 12.6. The van der Waals surface area contributed by atoms with Crippen LogP contribution in [0.5, 0.6) is 5.75 Å². The number of nitrogens with one attached hydrogen (secondary N) is 1. The van der Waals surface area contributed by atoms with Gasteiger partial charge in [-0.15, -0.1) is 0 Å². The van der Waals surface area contributed by atoms with Crippen molar-refractivity contribution in [2.45, 2.75) is 32.6 Å². The number of aromatic hydroxyl groups is 1. The molecule has 1 amide bonds. The summed E-state index contributed by atoms with van der Waals surface area (Å²) < 4.78 is 4.93. The summed E-state index contributed by atoms with van der Waals surface area (Å²) in [5.74, 6) is -0.0948. The molecule has 1 aliphatic rings. The summed E-state index contributed by atoms with van der Waals surface area (Å²) in [6.45, 7) is 8.48. The highest BCUT2D eigenvalue weighted by atomic mass is 16.5. The first-order valence-corrected chi connectivity index (χ1v) is 11.5. The Balaban J connectivity index is 1.73. The first-order valence-electron chi connectivity index (χ1n) is 11.5. The van der Waals surface area contributed by atoms with Crippen LogP contribution in [0.25, 0.3) is 6.08 Å². The summed E-state index contributed by atoms with van der Waals surface area (Å²) in [7, 11) is 0. The average Bonchev–Trinajstić information content (AvgIpc) is 2.80. The van der Waals surface area contributed by atoms with Gasteiger partial charge < -0.3 is 15.2 Å². The molecule has 0 bridgehead atoms. The Morgan fingerprint density at radius 3 is 2.64 bits per heavy atom. The normalized spacial score (nSPS) is 21.4. The minimum atomic E-state index is -0.446. The number of benzene rings is 2. The third-order valence-corrected chi connectivity index (χ3v) is 6.60. The fraction of sp³-hybridized carbons (Fsp3) is 0.407. The summed E-state index contributed by atoms with van der Waals surface area (Å²) in [5.41, 5.74) is 2.64. The average molecular weight is 451 g/mol. The minimum Gasteiger partial charge on any atom is -0.508 e. The number of carbonyl (C=O) groups excluding carboxylic acids is 2. The highest BCUT2D eigenvalue weighted by Gasteiger charge is 2.38. The predicted octanol–water partition coefficient (Wildman–Crippen LogP) is 3.75. The van der Waals surface area contributed by atoms with Crippen molar-refractivity contribution in [1.82, 2.24) is 10.2 Å². The van der Waals surface area contributed by atoms with E-state index in [0.717, 1.165) is 30.6 Å². The molecular formula is C27H34N2O4. The van der Waals surface area contributed by atoms with Gasteiger partial charge in [0.05, 0.1) is 6.61 Å². The van der Waals surface area contributed by atoms with E-state index in [1.54, 1.807) is 13.0 Å². The van der Waals surface area contributed by atoms with Gasteiger partial charge in [-0.25, -0.2) is 0 Å². The molecule has 0 aliphatic carbocycles. The summed E-state index contributed by atoms with van der Waals surface area (Å²) in [4.78, 5) is 26.9. The van der Waals surface area contributed by atoms with Crippen LogP contribution < -0.4 is 5.32 Å². The number of amides is 1. The number of phenolic OH excluding ortho intramolecular Hbond substituents is 1. The van der Waals surface area contributed by atoms with Crippen LogP contribution in [0.1, 0.15) is 38.3 Å². The molecule has 2 N–H and O–H groups in total. The van der Waals surface area contributed by atoms with Gasteiger partial charge in [0.15, 0.2) is 0 Å². The lowest BCUT2D eigenvalue weighted by atomic mass is 9.68. The van der Waals surface area contributed by atoms with Crippen molar-refractivity contribution >= 4 is 18.0 Å². The van der Waals surface area contributed by atoms with Gasteiger partial charge in [0.1, 0.15) is 12.3 Å². The zero-order valence-corrected chi connectivity index (χ0v) is 19.7. The van der Waals surface area contributed by atoms with E-state index in [1.165, 1.54) is 0 Å². The Kier molecular flexibility index (Phi) is 8.28. The molecule has 176 valence electrons. The monoisotopic (exact) mass is 450 g/mol. The van der Waals surface area contributed by atoms with Crippen LogP contribution in [-0.4, -0.2) is 54.7 Å². The minimum absolute atomic E-state index is 0.0509. The molecule has 2 atom stereocenters. The Hall–Kier alpha value is -3.12. The summed E-state index contributed by atoms with van der Waals surface area (Å²) >= 11 is 0. The van der Waals surface area contributed by atoms with Crippen LogP contribution >= 0.6 is 0 Å². The molecule has 1 fully saturated rings. The zero-order chi connectivity index (χ0) is 23.8. The molecule has 0 spiro atoms. The van der Waals surface area contributed by atoms with E-state index in [9.17, 15) is 14.7 Å². The Labute approximate surface area is 196 Å². The van der Waals surface area contributed by atoms with Crippen LogP contribution in [0.4, 0.5) is 0 Å². The third-order valence-electron chi connectivity index (χ3n) is 6.60. The van der Waals surface area contributed by atoms with E-state index < -0.39 is 5.97 Å². The van der Waals surface area contributed by atoms with E-state index in [2.05, 4.69) is 30.1 Å². The van der Waals surface area contributed by atoms with Gasteiger partial charge in [-0.05, 0) is 60.6 Å². The predicted molar refractivity (Wildman–Crippen MR) is 130 cm³/mol. The first kappa shape index (κ1) is 24.5. The number of piperidine rings is 1. The Morgan fingerprint density at radius 2 is 1.97 bits per heavy atom. The van der Waals surface area contributed by atoms with Gasteiger partial charge >= 0.3 is 5.97 Å². The number of esters is 1. The van der Waals surface area contributed by atoms with Gasteiger partial charge in [-0.3, -0.25) is 14.5 Å². The fourth-order valence-corrected chi connectivity index (χ4v) is 4.40. The highest BCUT2D eigenvalue weighted by Crippen LogP contribution is 2.40. The van der Waals surface area contributed by atoms with Crippen molar-refractivity contribution in [2.75, 3.05) is 32.8 Å². The SMILES string of the molecule is CCOC(=O)CNC(=O)/C(=C/c1ccccc1)CN1CC[C@@](C)(c2cccc(O)c2)[C@@H](C)C1. The van der Waals surface area contributed by atoms with E-state index in [0.29, 0.717) is 18.0 Å². The first-order chi connectivity index (χ1) is 15.8. The lowest BCUT2D eigenvalue weighted by molar-refractivity contribution is -0.143. The van der Waals surface area contributed by atoms with Crippen molar-refractivity contribution in [2.24, 2.45) is 5.92 Å². The third kappa shape index (κ3) is 6.45. The Bertz CT molecular complexity index is 989. The maximum absolute atomic E-state index is 13.0. The number of nitrogens with zero attached hydrogens (tertiary/aromatic N) is 1. The molecule has 2 aromatic carbocycles. The second-order valence-electron chi connectivity index (χ2n) is 8.92. The van der Waals surface area contributed by atoms with Gasteiger partial charge in [-0.1, -0.05) is 56.3 Å². The quantitative estimate of drug-likeness (QED) is 0.473. The number of carbonyl (C=O) groups is 2. The van der Waals surface area contributed by atoms with Crippen LogP contribution in [0.15, 0.2) is 60.2 Å². The molecule has 1 saturated heterocycles. The molecule has 6 heteroatoms. The van der Waals surface area contributed by atoms with Crippen molar-refractivity contribution in [3.8, 4) is 5.75 Å². The molecule has 0 unspecified atom stereocenters. The molecule has 0 aromatic heterocycles. The summed E-state index contributed by atoms with van der Waals surface area (Å²) in [6, 6.07) is 17.2. The molecule has 0 saturated carbocycles. The van der Waals surface area contributed by atoms with Crippen molar-refractivity contribution in [3.63, 3.8) is 0 Å². The van der Waals surface area contributed by atoms with Gasteiger partial charge in [0.2, 0.25) is 5.91 Å². The molecule has 1 heterocycles. The lowest BCUT2D eigenvalue weighted by Gasteiger charge is -2.45. The number of hydrogen-bond acceptors (Lipinski definition) is 5. The molecule has 33 heavy (non-hydrogen) atoms. The van der Waals surface area contributed by atoms with E-state index in [1.807, 2.05) is 48.5 Å². The molecule has 3 rings (SSSR count). The Morgan fingerprint density at radius 1 is 1.21 bits per heavy atom. The van der Waals surface area contributed by atoms with Crippen molar-refractivity contribution in [3.05, 3.63) is 71.3 Å². The van der Waals surface area contributed by atoms with Crippen LogP contribution in [0, 0.1) is 5.92 Å². The maximum atomic E-state index is 13.0. The zero-order valence-electron chi connectivity index (χ0n) is 19.7. The van der Waals surface area contributed by atoms with Crippen molar-refractivity contribution in [1.29, 1.82) is 0 Å². The molecular weight excluding hydrogens is 416 g/mol. The number of ether oxygens (including phenoxy) is 1. The molecule has 6 nitrogen and oxygen atoms in total. The van der Waals surface area contributed by atoms with Gasteiger partial charge in [-0.2, -0.15) is 0 Å². The van der Waals surface area contributed by atoms with Crippen LogP contribution in [-0.2, 0) is 19.7 Å². The van der Waals surface area contributed by atoms with E-state index >= 15 is 0 Å². The standard InChI is InChI=1S/C27H34N2O4/c1-4-33-25(31)17-28-26(32)22(15-21-9-6-5-7-10-21)19-29-14-13-27(3,20(2)18-29)23-11-8-12-24(30)16-23/h5-12,15-16,20,30H,4,13-14,17-19H2,1-3H3,(H,28,32)/b22-15+/t20-,27+/m0/s1. The van der Waals surface area contributed by atoms with Gasteiger partial charge in [0.25, 0.3) is 0 Å². The largest absolute Gasteiger partial charge is 0.508 e. The lowest BCUT2D eigenvalue weighted by Crippen LogP contribution is -2.48. The van der Waals surface area contributed by atoms with Crippen molar-refractivity contribution < 1.29 is 19.4 Å². The number of phenols is 1. The van der Waals surface area contributed by atoms with Crippen LogP contribution in [0.3, 0.4) is 0 Å². The van der Waals surface area contributed by atoms with E-state index in [-0.39, 0.29) is 30.2 Å². The second kappa shape index (κ2) is 11.1. The topological polar surface area (TPSA) is 78.9 Å². The second-order valence-corrected chi connectivity index (χ2v) is 8.92. The maximum Gasteiger partial charge on any atom is 0.325 e. The number of hydrogen-bond donors (Lipinski definition) is 2. The molecule has 2 aromatic rings. The molecule has 0 radical (unpaired) electrons. The smallest absolute Gasteiger partial charge is 0.325 e. The number of likely N-dealkylation sites (tertiary alicyclic amines) is 1. The molecule has 1 aliphatic heterocycles. The van der Waals surface area contributed by atoms with Gasteiger partial charge in [0, 0.05) is 18.7 Å². The summed E-state index contributed by atoms with van der Waals surface area (Å²) in [6.07, 6.45) is 2.80.